The minimum absolute atomic E-state index is 0.0350. The molecule has 1 saturated heterocycles. The van der Waals surface area contributed by atoms with Crippen molar-refractivity contribution in [3.05, 3.63) is 59.7 Å². The number of nitrogens with one attached hydrogen (secondary N) is 1. The maximum atomic E-state index is 13.0. The van der Waals surface area contributed by atoms with Gasteiger partial charge in [-0.3, -0.25) is 4.79 Å². The van der Waals surface area contributed by atoms with Gasteiger partial charge in [0.15, 0.2) is 0 Å². The third-order valence-corrected chi connectivity index (χ3v) is 7.19. The van der Waals surface area contributed by atoms with Crippen LogP contribution < -0.4 is 5.32 Å². The highest BCUT2D eigenvalue weighted by molar-refractivity contribution is 5.84. The van der Waals surface area contributed by atoms with Crippen LogP contribution in [-0.4, -0.2) is 53.2 Å². The Bertz CT molecular complexity index is 1020. The van der Waals surface area contributed by atoms with Crippen LogP contribution >= 0.6 is 0 Å². The van der Waals surface area contributed by atoms with Gasteiger partial charge in [-0.25, -0.2) is 9.59 Å². The number of amides is 2. The Kier molecular flexibility index (Phi) is 8.06. The Morgan fingerprint density at radius 1 is 1.00 bits per heavy atom. The second kappa shape index (κ2) is 11.4. The van der Waals surface area contributed by atoms with Crippen LogP contribution in [0.3, 0.4) is 0 Å². The molecule has 2 aromatic rings. The Hall–Kier alpha value is -3.35. The molecule has 1 heterocycles. The molecule has 1 aliphatic heterocycles. The van der Waals surface area contributed by atoms with Crippen LogP contribution in [0.15, 0.2) is 48.5 Å². The number of alkyl carbamates (subject to hydrolysis) is 1. The van der Waals surface area contributed by atoms with Crippen LogP contribution in [-0.2, 0) is 14.3 Å². The van der Waals surface area contributed by atoms with Crippen molar-refractivity contribution < 1.29 is 24.2 Å². The third-order valence-electron chi connectivity index (χ3n) is 7.19. The summed E-state index contributed by atoms with van der Waals surface area (Å²) in [5.41, 5.74) is 4.60. The second-order valence-electron chi connectivity index (χ2n) is 9.42. The minimum Gasteiger partial charge on any atom is -0.480 e. The van der Waals surface area contributed by atoms with E-state index in [-0.39, 0.29) is 24.9 Å². The van der Waals surface area contributed by atoms with Crippen LogP contribution in [0.5, 0.6) is 0 Å². The molecule has 2 atom stereocenters. The number of nitrogens with zero attached hydrogens (tertiary/aromatic N) is 1. The number of benzene rings is 2. The molecule has 186 valence electrons. The van der Waals surface area contributed by atoms with Crippen LogP contribution in [0.1, 0.15) is 68.9 Å². The Balaban J connectivity index is 1.36. The van der Waals surface area contributed by atoms with E-state index in [9.17, 15) is 19.5 Å². The SMILES string of the molecule is CC[C@@H](CC(=O)N1CCCCCCC1C(=O)O)NC(=O)OCC1c2ccccc2-c2ccccc21. The number of ether oxygens (including phenoxy) is 1. The summed E-state index contributed by atoms with van der Waals surface area (Å²) in [5, 5.41) is 12.5. The maximum Gasteiger partial charge on any atom is 0.407 e. The van der Waals surface area contributed by atoms with E-state index in [0.717, 1.165) is 47.9 Å². The van der Waals surface area contributed by atoms with Gasteiger partial charge >= 0.3 is 12.1 Å². The maximum absolute atomic E-state index is 13.0. The lowest BCUT2D eigenvalue weighted by molar-refractivity contribution is -0.151. The summed E-state index contributed by atoms with van der Waals surface area (Å²) in [5.74, 6) is -1.23. The van der Waals surface area contributed by atoms with Gasteiger partial charge in [0.25, 0.3) is 0 Å². The Morgan fingerprint density at radius 3 is 2.26 bits per heavy atom. The zero-order valence-corrected chi connectivity index (χ0v) is 20.2. The van der Waals surface area contributed by atoms with Gasteiger partial charge in [-0.2, -0.15) is 0 Å². The standard InChI is InChI=1S/C28H34N2O5/c1-2-19(17-26(31)30-16-10-4-3-5-15-25(30)27(32)33)29-28(34)35-18-24-22-13-8-6-11-20(22)21-12-7-9-14-23(21)24/h6-9,11-14,19,24-25H,2-5,10,15-18H2,1H3,(H,29,34)(H,32,33)/t19-,25?/m0/s1. The highest BCUT2D eigenvalue weighted by atomic mass is 16.5. The molecule has 0 saturated carbocycles. The van der Waals surface area contributed by atoms with Gasteiger partial charge in [0.05, 0.1) is 0 Å². The predicted molar refractivity (Wildman–Crippen MR) is 133 cm³/mol. The first kappa shape index (κ1) is 24.8. The fourth-order valence-electron chi connectivity index (χ4n) is 5.27. The average molecular weight is 479 g/mol. The molecule has 35 heavy (non-hydrogen) atoms. The molecular formula is C28H34N2O5. The summed E-state index contributed by atoms with van der Waals surface area (Å²) in [6.45, 7) is 2.54. The molecule has 7 nitrogen and oxygen atoms in total. The smallest absolute Gasteiger partial charge is 0.407 e. The number of rotatable bonds is 7. The largest absolute Gasteiger partial charge is 0.480 e. The molecule has 2 aromatic carbocycles. The van der Waals surface area contributed by atoms with E-state index in [4.69, 9.17) is 4.74 Å². The summed E-state index contributed by atoms with van der Waals surface area (Å²) in [6, 6.07) is 15.1. The molecule has 1 aliphatic carbocycles. The fourth-order valence-corrected chi connectivity index (χ4v) is 5.27. The third kappa shape index (κ3) is 5.66. The number of carboxylic acids is 1. The molecule has 0 radical (unpaired) electrons. The normalized spacial score (nSPS) is 18.5. The molecule has 0 spiro atoms. The second-order valence-corrected chi connectivity index (χ2v) is 9.42. The van der Waals surface area contributed by atoms with Crippen molar-refractivity contribution in [2.75, 3.05) is 13.2 Å². The molecule has 1 unspecified atom stereocenters. The van der Waals surface area contributed by atoms with Crippen molar-refractivity contribution in [3.63, 3.8) is 0 Å². The molecule has 1 fully saturated rings. The number of aliphatic carboxylic acids is 1. The van der Waals surface area contributed by atoms with Crippen molar-refractivity contribution in [2.45, 2.75) is 69.9 Å². The number of carbonyl (C=O) groups is 3. The lowest BCUT2D eigenvalue weighted by Crippen LogP contribution is -2.48. The summed E-state index contributed by atoms with van der Waals surface area (Å²) in [4.78, 5) is 39.0. The summed E-state index contributed by atoms with van der Waals surface area (Å²) in [7, 11) is 0. The van der Waals surface area contributed by atoms with E-state index < -0.39 is 24.1 Å². The van der Waals surface area contributed by atoms with Crippen LogP contribution in [0, 0.1) is 0 Å². The summed E-state index contributed by atoms with van der Waals surface area (Å²) >= 11 is 0. The van der Waals surface area contributed by atoms with Crippen LogP contribution in [0.4, 0.5) is 4.79 Å². The predicted octanol–water partition coefficient (Wildman–Crippen LogP) is 4.94. The number of hydrogen-bond acceptors (Lipinski definition) is 4. The van der Waals surface area contributed by atoms with E-state index in [2.05, 4.69) is 29.6 Å². The Morgan fingerprint density at radius 2 is 1.63 bits per heavy atom. The summed E-state index contributed by atoms with van der Waals surface area (Å²) in [6.07, 6.45) is 4.10. The van der Waals surface area contributed by atoms with Crippen molar-refractivity contribution in [1.82, 2.24) is 10.2 Å². The van der Waals surface area contributed by atoms with Gasteiger partial charge in [0.2, 0.25) is 5.91 Å². The van der Waals surface area contributed by atoms with Crippen LogP contribution in [0.25, 0.3) is 11.1 Å². The number of likely N-dealkylation sites (tertiary alicyclic amines) is 1. The molecule has 7 heteroatoms. The van der Waals surface area contributed by atoms with E-state index in [1.165, 1.54) is 4.90 Å². The topological polar surface area (TPSA) is 95.9 Å². The monoisotopic (exact) mass is 478 g/mol. The molecule has 2 N–H and O–H groups in total. The quantitative estimate of drug-likeness (QED) is 0.588. The van der Waals surface area contributed by atoms with Gasteiger partial charge in [-0.05, 0) is 41.5 Å². The van der Waals surface area contributed by atoms with Crippen molar-refractivity contribution in [1.29, 1.82) is 0 Å². The van der Waals surface area contributed by atoms with E-state index in [0.29, 0.717) is 19.4 Å². The lowest BCUT2D eigenvalue weighted by Gasteiger charge is -2.32. The number of hydrogen-bond donors (Lipinski definition) is 2. The summed E-state index contributed by atoms with van der Waals surface area (Å²) < 4.78 is 5.63. The van der Waals surface area contributed by atoms with Gasteiger partial charge in [-0.1, -0.05) is 74.7 Å². The first-order valence-electron chi connectivity index (χ1n) is 12.6. The van der Waals surface area contributed by atoms with Crippen LogP contribution in [0.2, 0.25) is 0 Å². The van der Waals surface area contributed by atoms with Crippen molar-refractivity contribution >= 4 is 18.0 Å². The number of carbonyl (C=O) groups excluding carboxylic acids is 2. The highest BCUT2D eigenvalue weighted by Crippen LogP contribution is 2.44. The molecule has 0 aromatic heterocycles. The van der Waals surface area contributed by atoms with Crippen molar-refractivity contribution in [3.8, 4) is 11.1 Å². The van der Waals surface area contributed by atoms with Gasteiger partial charge in [0.1, 0.15) is 12.6 Å². The fraction of sp³-hybridized carbons (Fsp3) is 0.464. The Labute approximate surface area is 206 Å². The molecule has 4 rings (SSSR count). The van der Waals surface area contributed by atoms with Gasteiger partial charge in [0, 0.05) is 24.9 Å². The molecule has 2 amide bonds. The van der Waals surface area contributed by atoms with E-state index in [1.54, 1.807) is 0 Å². The number of fused-ring (bicyclic) bond motifs is 3. The average Bonchev–Trinajstić information content (AvgIpc) is 3.15. The first-order valence-corrected chi connectivity index (χ1v) is 12.6. The minimum atomic E-state index is -0.960. The zero-order valence-electron chi connectivity index (χ0n) is 20.2. The molecule has 2 aliphatic rings. The highest BCUT2D eigenvalue weighted by Gasteiger charge is 2.32. The van der Waals surface area contributed by atoms with E-state index in [1.807, 2.05) is 31.2 Å². The molecular weight excluding hydrogens is 444 g/mol. The first-order chi connectivity index (χ1) is 17.0. The molecule has 0 bridgehead atoms. The zero-order chi connectivity index (χ0) is 24.8. The van der Waals surface area contributed by atoms with Crippen molar-refractivity contribution in [2.24, 2.45) is 0 Å². The van der Waals surface area contributed by atoms with E-state index >= 15 is 0 Å². The number of carboxylic acid groups (broad SMARTS) is 1. The lowest BCUT2D eigenvalue weighted by atomic mass is 9.98. The van der Waals surface area contributed by atoms with Gasteiger partial charge in [-0.15, -0.1) is 0 Å². The van der Waals surface area contributed by atoms with Gasteiger partial charge < -0.3 is 20.1 Å².